The summed E-state index contributed by atoms with van der Waals surface area (Å²) in [6.45, 7) is 0. The minimum Gasteiger partial charge on any atom is -0.399 e. The van der Waals surface area contributed by atoms with Crippen LogP contribution in [0, 0.1) is 0 Å². The number of halogens is 3. The number of nitrogens with zero attached hydrogens (tertiary/aromatic N) is 1. The van der Waals surface area contributed by atoms with Crippen molar-refractivity contribution in [3.8, 4) is 11.3 Å². The van der Waals surface area contributed by atoms with Crippen LogP contribution in [-0.4, -0.2) is 0 Å². The fraction of sp³-hybridized carbons (Fsp3) is 0.0952. The molecule has 0 aliphatic heterocycles. The zero-order valence-electron chi connectivity index (χ0n) is 15.0. The zero-order chi connectivity index (χ0) is 20.2. The molecule has 0 atom stereocenters. The lowest BCUT2D eigenvalue weighted by Gasteiger charge is -2.13. The van der Waals surface area contributed by atoms with Crippen LogP contribution in [0.1, 0.15) is 5.56 Å². The number of nitrogens with two attached hydrogens (primary N) is 3. The van der Waals surface area contributed by atoms with Gasteiger partial charge in [-0.05, 0) is 42.5 Å². The fourth-order valence-corrected chi connectivity index (χ4v) is 3.65. The molecule has 4 nitrogen and oxygen atoms in total. The van der Waals surface area contributed by atoms with E-state index in [1.807, 2.05) is 16.7 Å². The van der Waals surface area contributed by atoms with Gasteiger partial charge in [-0.2, -0.15) is 17.7 Å². The molecule has 0 saturated carbocycles. The molecular formula is C21H18F3N4+. The van der Waals surface area contributed by atoms with E-state index in [0.29, 0.717) is 22.6 Å². The van der Waals surface area contributed by atoms with Crippen molar-refractivity contribution in [2.45, 2.75) is 6.18 Å². The minimum atomic E-state index is -4.50. The molecule has 0 aliphatic carbocycles. The van der Waals surface area contributed by atoms with Crippen molar-refractivity contribution in [1.29, 1.82) is 0 Å². The van der Waals surface area contributed by atoms with Crippen molar-refractivity contribution in [2.24, 2.45) is 7.05 Å². The summed E-state index contributed by atoms with van der Waals surface area (Å²) >= 11 is 0. The smallest absolute Gasteiger partial charge is 0.399 e. The van der Waals surface area contributed by atoms with Crippen LogP contribution in [0.3, 0.4) is 0 Å². The molecular weight excluding hydrogens is 365 g/mol. The summed E-state index contributed by atoms with van der Waals surface area (Å²) in [6, 6.07) is 14.4. The molecule has 0 saturated heterocycles. The lowest BCUT2D eigenvalue weighted by Crippen LogP contribution is -2.32. The highest BCUT2D eigenvalue weighted by Gasteiger charge is 2.32. The average Bonchev–Trinajstić information content (AvgIpc) is 2.61. The van der Waals surface area contributed by atoms with Gasteiger partial charge in [0.2, 0.25) is 11.2 Å². The summed E-state index contributed by atoms with van der Waals surface area (Å²) in [5.41, 5.74) is 19.8. The second-order valence-corrected chi connectivity index (χ2v) is 6.83. The SMILES string of the molecule is C[n+]1c(-c2cc(N)cc(C(F)(F)F)c2)c2cc(N)ccc2c2ccc(N)cc21. The normalized spacial score (nSPS) is 12.0. The summed E-state index contributed by atoms with van der Waals surface area (Å²) in [4.78, 5) is 0. The number of nitrogen functional groups attached to an aromatic ring is 3. The number of hydrogen-bond acceptors (Lipinski definition) is 3. The summed E-state index contributed by atoms with van der Waals surface area (Å²) < 4.78 is 41.9. The molecule has 3 aromatic carbocycles. The minimum absolute atomic E-state index is 0.0366. The summed E-state index contributed by atoms with van der Waals surface area (Å²) in [5.74, 6) is 0. The van der Waals surface area contributed by atoms with Gasteiger partial charge in [0.15, 0.2) is 0 Å². The van der Waals surface area contributed by atoms with Crippen molar-refractivity contribution in [1.82, 2.24) is 0 Å². The van der Waals surface area contributed by atoms with E-state index in [0.717, 1.165) is 33.8 Å². The second kappa shape index (κ2) is 6.02. The van der Waals surface area contributed by atoms with Crippen LogP contribution >= 0.6 is 0 Å². The third kappa shape index (κ3) is 2.85. The number of pyridine rings is 1. The van der Waals surface area contributed by atoms with Crippen LogP contribution in [-0.2, 0) is 13.2 Å². The molecule has 4 aromatic rings. The lowest BCUT2D eigenvalue weighted by atomic mass is 9.97. The third-order valence-electron chi connectivity index (χ3n) is 4.86. The maximum absolute atomic E-state index is 13.3. The van der Waals surface area contributed by atoms with Gasteiger partial charge in [-0.25, -0.2) is 0 Å². The topological polar surface area (TPSA) is 81.9 Å². The first-order valence-electron chi connectivity index (χ1n) is 8.54. The second-order valence-electron chi connectivity index (χ2n) is 6.83. The fourth-order valence-electron chi connectivity index (χ4n) is 3.65. The number of alkyl halides is 3. The van der Waals surface area contributed by atoms with Crippen LogP contribution in [0.5, 0.6) is 0 Å². The Morgan fingerprint density at radius 1 is 0.714 bits per heavy atom. The van der Waals surface area contributed by atoms with E-state index >= 15 is 0 Å². The Balaban J connectivity index is 2.18. The summed E-state index contributed by atoms with van der Waals surface area (Å²) in [6.07, 6.45) is -4.50. The zero-order valence-corrected chi connectivity index (χ0v) is 15.0. The molecule has 1 heterocycles. The number of anilines is 3. The first-order chi connectivity index (χ1) is 13.1. The standard InChI is InChI=1S/C21H17F3N4/c1-28-19-10-14(26)3-5-17(19)16-4-2-13(25)9-18(16)20(28)11-6-12(21(22,23)24)8-15(27)7-11/h2-10,26H,25,27H2,1H3/p+1. The number of fused-ring (bicyclic) bond motifs is 3. The molecule has 0 unspecified atom stereocenters. The van der Waals surface area contributed by atoms with Crippen LogP contribution in [0.25, 0.3) is 32.9 Å². The Morgan fingerprint density at radius 3 is 2.04 bits per heavy atom. The van der Waals surface area contributed by atoms with E-state index in [1.54, 1.807) is 31.3 Å². The van der Waals surface area contributed by atoms with Crippen molar-refractivity contribution >= 4 is 38.7 Å². The quantitative estimate of drug-likeness (QED) is 0.261. The van der Waals surface area contributed by atoms with Gasteiger partial charge in [0.25, 0.3) is 0 Å². The molecule has 4 rings (SSSR count). The number of rotatable bonds is 1. The molecule has 142 valence electrons. The van der Waals surface area contributed by atoms with Gasteiger partial charge in [-0.15, -0.1) is 0 Å². The van der Waals surface area contributed by atoms with Crippen molar-refractivity contribution in [3.05, 3.63) is 60.2 Å². The molecule has 0 bridgehead atoms. The maximum atomic E-state index is 13.3. The van der Waals surface area contributed by atoms with Crippen LogP contribution in [0.4, 0.5) is 30.2 Å². The van der Waals surface area contributed by atoms with E-state index in [1.165, 1.54) is 6.07 Å². The monoisotopic (exact) mass is 383 g/mol. The van der Waals surface area contributed by atoms with E-state index in [-0.39, 0.29) is 5.69 Å². The predicted molar refractivity (Wildman–Crippen MR) is 106 cm³/mol. The van der Waals surface area contributed by atoms with Crippen LogP contribution in [0.2, 0.25) is 0 Å². The first-order valence-corrected chi connectivity index (χ1v) is 8.54. The molecule has 7 heteroatoms. The highest BCUT2D eigenvalue weighted by molar-refractivity contribution is 6.10. The molecule has 0 fully saturated rings. The molecule has 0 spiro atoms. The van der Waals surface area contributed by atoms with Gasteiger partial charge in [-0.1, -0.05) is 6.07 Å². The molecule has 28 heavy (non-hydrogen) atoms. The van der Waals surface area contributed by atoms with Gasteiger partial charge in [0.1, 0.15) is 7.05 Å². The summed E-state index contributed by atoms with van der Waals surface area (Å²) in [7, 11) is 1.79. The Morgan fingerprint density at radius 2 is 1.36 bits per heavy atom. The average molecular weight is 383 g/mol. The molecule has 0 aliphatic rings. The van der Waals surface area contributed by atoms with E-state index in [4.69, 9.17) is 17.2 Å². The van der Waals surface area contributed by atoms with Crippen molar-refractivity contribution < 1.29 is 17.7 Å². The highest BCUT2D eigenvalue weighted by Crippen LogP contribution is 2.37. The van der Waals surface area contributed by atoms with Gasteiger partial charge in [0, 0.05) is 34.1 Å². The van der Waals surface area contributed by atoms with Crippen molar-refractivity contribution in [2.75, 3.05) is 17.2 Å². The van der Waals surface area contributed by atoms with E-state index in [9.17, 15) is 13.2 Å². The van der Waals surface area contributed by atoms with Gasteiger partial charge < -0.3 is 17.2 Å². The Bertz CT molecular complexity index is 1250. The summed E-state index contributed by atoms with van der Waals surface area (Å²) in [5, 5.41) is 2.53. The van der Waals surface area contributed by atoms with E-state index < -0.39 is 11.7 Å². The predicted octanol–water partition coefficient (Wildman–Crippen LogP) is 4.25. The van der Waals surface area contributed by atoms with E-state index in [2.05, 4.69) is 0 Å². The number of hydrogen-bond donors (Lipinski definition) is 3. The Kier molecular flexibility index (Phi) is 3.85. The highest BCUT2D eigenvalue weighted by atomic mass is 19.4. The Labute approximate surface area is 159 Å². The molecule has 6 N–H and O–H groups in total. The number of aryl methyl sites for hydroxylation is 1. The largest absolute Gasteiger partial charge is 0.416 e. The molecule has 1 aromatic heterocycles. The van der Waals surface area contributed by atoms with Gasteiger partial charge in [0.05, 0.1) is 16.3 Å². The maximum Gasteiger partial charge on any atom is 0.416 e. The van der Waals surface area contributed by atoms with Crippen LogP contribution in [0.15, 0.2) is 54.6 Å². The number of aromatic nitrogens is 1. The van der Waals surface area contributed by atoms with Crippen molar-refractivity contribution in [3.63, 3.8) is 0 Å². The van der Waals surface area contributed by atoms with Gasteiger partial charge in [-0.3, -0.25) is 0 Å². The number of benzene rings is 3. The van der Waals surface area contributed by atoms with Gasteiger partial charge >= 0.3 is 6.18 Å². The Hall–Kier alpha value is -3.48. The molecule has 0 radical (unpaired) electrons. The van der Waals surface area contributed by atoms with Crippen LogP contribution < -0.4 is 21.8 Å². The molecule has 0 amide bonds. The third-order valence-corrected chi connectivity index (χ3v) is 4.86. The lowest BCUT2D eigenvalue weighted by molar-refractivity contribution is -0.632. The first kappa shape index (κ1) is 17.9.